The number of nitrogens with zero attached hydrogens (tertiary/aromatic N) is 3. The van der Waals surface area contributed by atoms with Gasteiger partial charge in [-0.05, 0) is 54.4 Å². The Kier molecular flexibility index (Phi) is 7.62. The lowest BCUT2D eigenvalue weighted by Gasteiger charge is -2.27. The number of benzene rings is 1. The highest BCUT2D eigenvalue weighted by atomic mass is 79.9. The molecule has 6 nitrogen and oxygen atoms in total. The summed E-state index contributed by atoms with van der Waals surface area (Å²) in [6.07, 6.45) is 3.44. The summed E-state index contributed by atoms with van der Waals surface area (Å²) in [6, 6.07) is 9.10. The zero-order valence-corrected chi connectivity index (χ0v) is 17.2. The lowest BCUT2D eigenvalue weighted by molar-refractivity contribution is -0.135. The van der Waals surface area contributed by atoms with Crippen molar-refractivity contribution in [2.24, 2.45) is 0 Å². The topological polar surface area (TPSA) is 75.5 Å². The molecule has 27 heavy (non-hydrogen) atoms. The van der Waals surface area contributed by atoms with E-state index in [1.807, 2.05) is 32.9 Å². The number of carbonyl (C=O) groups is 1. The van der Waals surface area contributed by atoms with Crippen molar-refractivity contribution in [3.05, 3.63) is 52.3 Å². The van der Waals surface area contributed by atoms with Crippen LogP contribution in [0.3, 0.4) is 0 Å². The van der Waals surface area contributed by atoms with Gasteiger partial charge in [-0.15, -0.1) is 0 Å². The number of amides is 1. The predicted octanol–water partition coefficient (Wildman–Crippen LogP) is 3.93. The van der Waals surface area contributed by atoms with Gasteiger partial charge < -0.3 is 14.4 Å². The van der Waals surface area contributed by atoms with E-state index in [4.69, 9.17) is 14.7 Å². The highest BCUT2D eigenvalue weighted by molar-refractivity contribution is 9.10. The third-order valence-corrected chi connectivity index (χ3v) is 4.39. The largest absolute Gasteiger partial charge is 0.490 e. The monoisotopic (exact) mass is 431 g/mol. The Morgan fingerprint density at radius 1 is 1.37 bits per heavy atom. The molecular weight excluding hydrogens is 410 g/mol. The van der Waals surface area contributed by atoms with Crippen LogP contribution in [0.5, 0.6) is 11.5 Å². The Bertz CT molecular complexity index is 819. The van der Waals surface area contributed by atoms with Gasteiger partial charge in [0.2, 0.25) is 0 Å². The van der Waals surface area contributed by atoms with Crippen LogP contribution in [0.4, 0.5) is 0 Å². The molecule has 7 heteroatoms. The molecule has 0 bridgehead atoms. The molecule has 0 saturated carbocycles. The summed E-state index contributed by atoms with van der Waals surface area (Å²) in [5.74, 6) is 0.696. The zero-order chi connectivity index (χ0) is 19.8. The first-order valence-corrected chi connectivity index (χ1v) is 9.43. The number of carbonyl (C=O) groups excluding carboxylic acids is 1. The van der Waals surface area contributed by atoms with Crippen molar-refractivity contribution in [1.82, 2.24) is 9.88 Å². The van der Waals surface area contributed by atoms with Gasteiger partial charge in [-0.25, -0.2) is 0 Å². The maximum atomic E-state index is 12.7. The van der Waals surface area contributed by atoms with Crippen LogP contribution < -0.4 is 9.47 Å². The number of nitriles is 1. The van der Waals surface area contributed by atoms with Gasteiger partial charge in [0.25, 0.3) is 5.91 Å². The average Bonchev–Trinajstić information content (AvgIpc) is 2.65. The molecule has 2 rings (SSSR count). The Labute approximate surface area is 167 Å². The molecule has 2 aromatic rings. The lowest BCUT2D eigenvalue weighted by atomic mass is 10.2. The quantitative estimate of drug-likeness (QED) is 0.632. The number of hydrogen-bond acceptors (Lipinski definition) is 5. The van der Waals surface area contributed by atoms with Crippen molar-refractivity contribution in [2.45, 2.75) is 33.4 Å². The van der Waals surface area contributed by atoms with Crippen LogP contribution in [0, 0.1) is 11.3 Å². The molecule has 1 aromatic heterocycles. The molecule has 0 saturated heterocycles. The maximum Gasteiger partial charge on any atom is 0.261 e. The standard InChI is InChI=1S/C20H22BrN3O3/c1-4-26-18-9-16(10-22)8-17(21)20(18)27-13-19(25)24(14(2)3)12-15-6-5-7-23-11-15/h5-9,11,14H,4,12-13H2,1-3H3. The number of ether oxygens (including phenoxy) is 2. The van der Waals surface area contributed by atoms with Gasteiger partial charge in [-0.1, -0.05) is 6.07 Å². The normalized spacial score (nSPS) is 10.4. The van der Waals surface area contributed by atoms with Crippen molar-refractivity contribution in [1.29, 1.82) is 5.26 Å². The highest BCUT2D eigenvalue weighted by Gasteiger charge is 2.20. The van der Waals surface area contributed by atoms with Crippen molar-refractivity contribution in [2.75, 3.05) is 13.2 Å². The first kappa shape index (κ1) is 20.7. The number of pyridine rings is 1. The van der Waals surface area contributed by atoms with Crippen LogP contribution in [-0.4, -0.2) is 35.0 Å². The summed E-state index contributed by atoms with van der Waals surface area (Å²) in [6.45, 7) is 6.50. The van der Waals surface area contributed by atoms with Crippen LogP contribution >= 0.6 is 15.9 Å². The number of rotatable bonds is 8. The number of hydrogen-bond donors (Lipinski definition) is 0. The summed E-state index contributed by atoms with van der Waals surface area (Å²) >= 11 is 3.39. The minimum absolute atomic E-state index is 0.0112. The maximum absolute atomic E-state index is 12.7. The minimum atomic E-state index is -0.146. The van der Waals surface area contributed by atoms with E-state index in [1.165, 1.54) is 0 Å². The molecule has 0 aliphatic heterocycles. The van der Waals surface area contributed by atoms with Gasteiger partial charge in [0.1, 0.15) is 0 Å². The minimum Gasteiger partial charge on any atom is -0.490 e. The predicted molar refractivity (Wildman–Crippen MR) is 105 cm³/mol. The van der Waals surface area contributed by atoms with Crippen molar-refractivity contribution >= 4 is 21.8 Å². The summed E-state index contributed by atoms with van der Waals surface area (Å²) in [4.78, 5) is 18.6. The summed E-state index contributed by atoms with van der Waals surface area (Å²) < 4.78 is 11.9. The molecule has 142 valence electrons. The Morgan fingerprint density at radius 3 is 2.74 bits per heavy atom. The highest BCUT2D eigenvalue weighted by Crippen LogP contribution is 2.36. The number of aromatic nitrogens is 1. The van der Waals surface area contributed by atoms with Gasteiger partial charge in [0.15, 0.2) is 18.1 Å². The van der Waals surface area contributed by atoms with Gasteiger partial charge in [0.05, 0.1) is 22.7 Å². The summed E-state index contributed by atoms with van der Waals surface area (Å²) in [5, 5.41) is 9.10. The molecule has 0 radical (unpaired) electrons. The molecular formula is C20H22BrN3O3. The van der Waals surface area contributed by atoms with Crippen molar-refractivity contribution in [3.63, 3.8) is 0 Å². The molecule has 0 N–H and O–H groups in total. The van der Waals surface area contributed by atoms with E-state index in [0.717, 1.165) is 5.56 Å². The fourth-order valence-electron chi connectivity index (χ4n) is 2.50. The van der Waals surface area contributed by atoms with Gasteiger partial charge in [0, 0.05) is 31.0 Å². The SMILES string of the molecule is CCOc1cc(C#N)cc(Br)c1OCC(=O)N(Cc1cccnc1)C(C)C. The molecule has 0 atom stereocenters. The number of halogens is 1. The fourth-order valence-corrected chi connectivity index (χ4v) is 3.06. The van der Waals surface area contributed by atoms with Crippen molar-refractivity contribution < 1.29 is 14.3 Å². The van der Waals surface area contributed by atoms with Crippen LogP contribution in [0.15, 0.2) is 41.1 Å². The second-order valence-electron chi connectivity index (χ2n) is 6.10. The second kappa shape index (κ2) is 9.93. The van der Waals surface area contributed by atoms with E-state index in [-0.39, 0.29) is 18.6 Å². The van der Waals surface area contributed by atoms with E-state index in [0.29, 0.717) is 34.7 Å². The molecule has 0 fully saturated rings. The molecule has 1 heterocycles. The van der Waals surface area contributed by atoms with Crippen LogP contribution in [0.2, 0.25) is 0 Å². The lowest BCUT2D eigenvalue weighted by Crippen LogP contribution is -2.39. The molecule has 0 unspecified atom stereocenters. The molecule has 1 aromatic carbocycles. The first-order valence-electron chi connectivity index (χ1n) is 8.63. The molecule has 0 aliphatic rings. The average molecular weight is 432 g/mol. The van der Waals surface area contributed by atoms with Gasteiger partial charge in [-0.2, -0.15) is 5.26 Å². The smallest absolute Gasteiger partial charge is 0.261 e. The van der Waals surface area contributed by atoms with Gasteiger partial charge >= 0.3 is 0 Å². The van der Waals surface area contributed by atoms with Crippen LogP contribution in [-0.2, 0) is 11.3 Å². The molecule has 0 spiro atoms. The van der Waals surface area contributed by atoms with E-state index in [1.54, 1.807) is 29.4 Å². The van der Waals surface area contributed by atoms with Crippen LogP contribution in [0.25, 0.3) is 0 Å². The van der Waals surface area contributed by atoms with Gasteiger partial charge in [-0.3, -0.25) is 9.78 Å². The Hall–Kier alpha value is -2.59. The second-order valence-corrected chi connectivity index (χ2v) is 6.95. The third kappa shape index (κ3) is 5.69. The first-order chi connectivity index (χ1) is 13.0. The molecule has 1 amide bonds. The Balaban J connectivity index is 2.14. The van der Waals surface area contributed by atoms with Crippen molar-refractivity contribution in [3.8, 4) is 17.6 Å². The third-order valence-electron chi connectivity index (χ3n) is 3.80. The zero-order valence-electron chi connectivity index (χ0n) is 15.6. The van der Waals surface area contributed by atoms with E-state index < -0.39 is 0 Å². The molecule has 0 aliphatic carbocycles. The fraction of sp³-hybridized carbons (Fsp3) is 0.350. The Morgan fingerprint density at radius 2 is 2.15 bits per heavy atom. The van der Waals surface area contributed by atoms with Crippen LogP contribution in [0.1, 0.15) is 31.9 Å². The van der Waals surface area contributed by atoms with E-state index in [9.17, 15) is 4.79 Å². The summed E-state index contributed by atoms with van der Waals surface area (Å²) in [7, 11) is 0. The summed E-state index contributed by atoms with van der Waals surface area (Å²) in [5.41, 5.74) is 1.40. The van der Waals surface area contributed by atoms with E-state index in [2.05, 4.69) is 27.0 Å². The van der Waals surface area contributed by atoms with E-state index >= 15 is 0 Å².